The van der Waals surface area contributed by atoms with Crippen molar-refractivity contribution in [1.29, 1.82) is 0 Å². The molecule has 1 N–H and O–H groups in total. The van der Waals surface area contributed by atoms with Gasteiger partial charge in [0.1, 0.15) is 5.69 Å². The van der Waals surface area contributed by atoms with Gasteiger partial charge in [-0.1, -0.05) is 0 Å². The van der Waals surface area contributed by atoms with Crippen LogP contribution in [0.4, 0.5) is 18.9 Å². The SMILES string of the molecule is Cc1c(C(F)(F)F)nc2c(c1NC=O)CCC2. The van der Waals surface area contributed by atoms with Gasteiger partial charge in [0.05, 0.1) is 5.69 Å². The lowest BCUT2D eigenvalue weighted by Gasteiger charge is -2.16. The zero-order chi connectivity index (χ0) is 12.6. The fourth-order valence-corrected chi connectivity index (χ4v) is 2.21. The summed E-state index contributed by atoms with van der Waals surface area (Å²) in [5, 5.41) is 2.37. The highest BCUT2D eigenvalue weighted by Gasteiger charge is 2.37. The molecule has 92 valence electrons. The summed E-state index contributed by atoms with van der Waals surface area (Å²) in [4.78, 5) is 14.2. The van der Waals surface area contributed by atoms with E-state index >= 15 is 0 Å². The maximum Gasteiger partial charge on any atom is 0.433 e. The first-order chi connectivity index (χ1) is 7.95. The Bertz CT molecular complexity index is 469. The predicted octanol–water partition coefficient (Wildman–Crippen LogP) is 2.47. The average molecular weight is 244 g/mol. The number of halogens is 3. The van der Waals surface area contributed by atoms with Crippen LogP contribution in [0.5, 0.6) is 0 Å². The number of aromatic nitrogens is 1. The van der Waals surface area contributed by atoms with Gasteiger partial charge >= 0.3 is 6.18 Å². The molecule has 2 rings (SSSR count). The maximum absolute atomic E-state index is 12.8. The van der Waals surface area contributed by atoms with E-state index in [4.69, 9.17) is 0 Å². The third-order valence-electron chi connectivity index (χ3n) is 2.94. The molecule has 1 aliphatic carbocycles. The minimum absolute atomic E-state index is 0.00903. The monoisotopic (exact) mass is 244 g/mol. The largest absolute Gasteiger partial charge is 0.433 e. The standard InChI is InChI=1S/C11H11F3N2O/c1-6-9(15-5-17)7-3-2-4-8(7)16-10(6)11(12,13)14/h5H,2-4H2,1H3,(H,15,16,17). The number of nitrogens with zero attached hydrogens (tertiary/aromatic N) is 1. The van der Waals surface area contributed by atoms with Gasteiger partial charge in [0.2, 0.25) is 6.41 Å². The summed E-state index contributed by atoms with van der Waals surface area (Å²) in [6, 6.07) is 0. The lowest BCUT2D eigenvalue weighted by atomic mass is 10.1. The average Bonchev–Trinajstić information content (AvgIpc) is 2.68. The Hall–Kier alpha value is -1.59. The van der Waals surface area contributed by atoms with E-state index in [0.29, 0.717) is 24.9 Å². The molecule has 17 heavy (non-hydrogen) atoms. The third-order valence-corrected chi connectivity index (χ3v) is 2.94. The van der Waals surface area contributed by atoms with Crippen molar-refractivity contribution in [3.05, 3.63) is 22.5 Å². The minimum atomic E-state index is -4.49. The normalized spacial score (nSPS) is 14.6. The summed E-state index contributed by atoms with van der Waals surface area (Å²) >= 11 is 0. The molecule has 0 unspecified atom stereocenters. The first-order valence-corrected chi connectivity index (χ1v) is 5.25. The molecule has 1 aromatic heterocycles. The molecule has 1 amide bonds. The van der Waals surface area contributed by atoms with E-state index in [1.807, 2.05) is 0 Å². The highest BCUT2D eigenvalue weighted by atomic mass is 19.4. The summed E-state index contributed by atoms with van der Waals surface area (Å²) in [5.74, 6) is 0. The highest BCUT2D eigenvalue weighted by Crippen LogP contribution is 2.38. The van der Waals surface area contributed by atoms with Gasteiger partial charge in [-0.2, -0.15) is 13.2 Å². The number of hydrogen-bond acceptors (Lipinski definition) is 2. The Kier molecular flexibility index (Phi) is 2.81. The summed E-state index contributed by atoms with van der Waals surface area (Å²) in [7, 11) is 0. The third kappa shape index (κ3) is 1.99. The molecule has 0 saturated carbocycles. The molecule has 0 radical (unpaired) electrons. The number of amides is 1. The lowest BCUT2D eigenvalue weighted by Crippen LogP contribution is -2.15. The number of anilines is 1. The number of rotatable bonds is 2. The number of aryl methyl sites for hydroxylation is 1. The molecule has 0 spiro atoms. The number of pyridine rings is 1. The first-order valence-electron chi connectivity index (χ1n) is 5.25. The Labute approximate surface area is 96.0 Å². The quantitative estimate of drug-likeness (QED) is 0.812. The van der Waals surface area contributed by atoms with Crippen LogP contribution < -0.4 is 5.32 Å². The molecule has 0 aromatic carbocycles. The molecule has 0 aliphatic heterocycles. The Morgan fingerprint density at radius 2 is 2.06 bits per heavy atom. The van der Waals surface area contributed by atoms with Gasteiger partial charge in [0.25, 0.3) is 0 Å². The van der Waals surface area contributed by atoms with Gasteiger partial charge in [-0.3, -0.25) is 4.79 Å². The van der Waals surface area contributed by atoms with Crippen molar-refractivity contribution >= 4 is 12.1 Å². The number of carbonyl (C=O) groups is 1. The minimum Gasteiger partial charge on any atom is -0.328 e. The second kappa shape index (κ2) is 4.01. The summed E-state index contributed by atoms with van der Waals surface area (Å²) in [6.45, 7) is 1.33. The first kappa shape index (κ1) is 11.9. The molecular formula is C11H11F3N2O. The highest BCUT2D eigenvalue weighted by molar-refractivity contribution is 5.77. The summed E-state index contributed by atoms with van der Waals surface area (Å²) < 4.78 is 38.3. The Balaban J connectivity index is 2.64. The molecule has 3 nitrogen and oxygen atoms in total. The molecular weight excluding hydrogens is 233 g/mol. The van der Waals surface area contributed by atoms with E-state index in [-0.39, 0.29) is 11.3 Å². The smallest absolute Gasteiger partial charge is 0.328 e. The fraction of sp³-hybridized carbons (Fsp3) is 0.455. The van der Waals surface area contributed by atoms with E-state index in [1.165, 1.54) is 6.92 Å². The fourth-order valence-electron chi connectivity index (χ4n) is 2.21. The van der Waals surface area contributed by atoms with Gasteiger partial charge < -0.3 is 5.32 Å². The van der Waals surface area contributed by atoms with E-state index in [9.17, 15) is 18.0 Å². The van der Waals surface area contributed by atoms with Crippen LogP contribution in [-0.2, 0) is 23.8 Å². The maximum atomic E-state index is 12.8. The molecule has 0 fully saturated rings. The van der Waals surface area contributed by atoms with E-state index in [0.717, 1.165) is 12.0 Å². The number of hydrogen-bond donors (Lipinski definition) is 1. The van der Waals surface area contributed by atoms with E-state index in [1.54, 1.807) is 0 Å². The van der Waals surface area contributed by atoms with Crippen LogP contribution in [0.1, 0.15) is 28.9 Å². The van der Waals surface area contributed by atoms with Gasteiger partial charge in [-0.15, -0.1) is 0 Å². The van der Waals surface area contributed by atoms with Crippen LogP contribution in [0.2, 0.25) is 0 Å². The molecule has 0 saturated heterocycles. The number of alkyl halides is 3. The zero-order valence-corrected chi connectivity index (χ0v) is 9.19. The summed E-state index contributed by atoms with van der Waals surface area (Å²) in [6.07, 6.45) is -2.11. The van der Waals surface area contributed by atoms with Crippen molar-refractivity contribution < 1.29 is 18.0 Å². The van der Waals surface area contributed by atoms with E-state index < -0.39 is 11.9 Å². The molecule has 1 aromatic rings. The van der Waals surface area contributed by atoms with Crippen LogP contribution in [0, 0.1) is 6.92 Å². The van der Waals surface area contributed by atoms with Crippen LogP contribution in [-0.4, -0.2) is 11.4 Å². The molecule has 1 aliphatic rings. The van der Waals surface area contributed by atoms with Crippen molar-refractivity contribution in [2.75, 3.05) is 5.32 Å². The second-order valence-corrected chi connectivity index (χ2v) is 4.00. The van der Waals surface area contributed by atoms with Gasteiger partial charge in [-0.05, 0) is 31.7 Å². The molecule has 0 atom stereocenters. The second-order valence-electron chi connectivity index (χ2n) is 4.00. The van der Waals surface area contributed by atoms with Gasteiger partial charge in [0.15, 0.2) is 0 Å². The molecule has 1 heterocycles. The van der Waals surface area contributed by atoms with Crippen molar-refractivity contribution in [3.63, 3.8) is 0 Å². The van der Waals surface area contributed by atoms with Crippen LogP contribution in [0.25, 0.3) is 0 Å². The van der Waals surface area contributed by atoms with Crippen molar-refractivity contribution in [1.82, 2.24) is 4.98 Å². The van der Waals surface area contributed by atoms with Crippen LogP contribution in [0.3, 0.4) is 0 Å². The van der Waals surface area contributed by atoms with Crippen LogP contribution >= 0.6 is 0 Å². The predicted molar refractivity (Wildman–Crippen MR) is 55.7 cm³/mol. The van der Waals surface area contributed by atoms with Gasteiger partial charge in [-0.25, -0.2) is 4.98 Å². The molecule has 0 bridgehead atoms. The van der Waals surface area contributed by atoms with Crippen molar-refractivity contribution in [3.8, 4) is 0 Å². The topological polar surface area (TPSA) is 42.0 Å². The van der Waals surface area contributed by atoms with E-state index in [2.05, 4.69) is 10.3 Å². The number of nitrogens with one attached hydrogen (secondary N) is 1. The number of carbonyl (C=O) groups excluding carboxylic acids is 1. The van der Waals surface area contributed by atoms with Gasteiger partial charge in [0, 0.05) is 11.3 Å². The van der Waals surface area contributed by atoms with Crippen molar-refractivity contribution in [2.45, 2.75) is 32.4 Å². The zero-order valence-electron chi connectivity index (χ0n) is 9.19. The van der Waals surface area contributed by atoms with Crippen LogP contribution in [0.15, 0.2) is 0 Å². The van der Waals surface area contributed by atoms with Crippen molar-refractivity contribution in [2.24, 2.45) is 0 Å². The Morgan fingerprint density at radius 3 is 2.65 bits per heavy atom. The Morgan fingerprint density at radius 1 is 1.35 bits per heavy atom. The molecule has 6 heteroatoms. The lowest BCUT2D eigenvalue weighted by molar-refractivity contribution is -0.141. The number of fused-ring (bicyclic) bond motifs is 1. The summed E-state index contributed by atoms with van der Waals surface area (Å²) in [5.41, 5.74) is 0.553.